The molecule has 0 saturated heterocycles. The number of aromatic amines is 1. The minimum absolute atomic E-state index is 0.418. The Balaban J connectivity index is 1.43. The predicted octanol–water partition coefficient (Wildman–Crippen LogP) is 2.91. The van der Waals surface area contributed by atoms with E-state index in [9.17, 15) is 4.79 Å². The zero-order valence-electron chi connectivity index (χ0n) is 14.6. The van der Waals surface area contributed by atoms with E-state index in [-0.39, 0.29) is 0 Å². The number of aromatic nitrogens is 6. The second kappa shape index (κ2) is 6.75. The highest BCUT2D eigenvalue weighted by atomic mass is 16.3. The Morgan fingerprint density at radius 2 is 1.93 bits per heavy atom. The number of H-pyrrole nitrogens is 1. The van der Waals surface area contributed by atoms with Crippen LogP contribution >= 0.6 is 0 Å². The van der Waals surface area contributed by atoms with E-state index >= 15 is 0 Å². The quantitative estimate of drug-likeness (QED) is 0.511. The summed E-state index contributed by atoms with van der Waals surface area (Å²) in [7, 11) is 0. The van der Waals surface area contributed by atoms with E-state index in [0.29, 0.717) is 23.1 Å². The fourth-order valence-electron chi connectivity index (χ4n) is 2.51. The fourth-order valence-corrected chi connectivity index (χ4v) is 2.51. The van der Waals surface area contributed by atoms with Crippen molar-refractivity contribution in [1.82, 2.24) is 30.2 Å². The van der Waals surface area contributed by atoms with Crippen LogP contribution in [0.25, 0.3) is 17.3 Å². The number of carbonyl (C=O) groups excluding carboxylic acids is 1. The van der Waals surface area contributed by atoms with Crippen LogP contribution in [-0.4, -0.2) is 36.2 Å². The molecule has 0 bridgehead atoms. The maximum atomic E-state index is 12.2. The number of aryl methyl sites for hydroxylation is 1. The molecule has 0 aliphatic rings. The second-order valence-corrected chi connectivity index (χ2v) is 5.79. The van der Waals surface area contributed by atoms with Crippen LogP contribution < -0.4 is 10.6 Å². The van der Waals surface area contributed by atoms with Crippen molar-refractivity contribution in [2.45, 2.75) is 13.8 Å². The molecule has 0 unspecified atom stereocenters. The maximum absolute atomic E-state index is 12.2. The second-order valence-electron chi connectivity index (χ2n) is 5.79. The Hall–Kier alpha value is -3.95. The standard InChI is InChI=1S/C17H16N8O2/c1-10-3-5-13(27-10)15-11(2)16(24-23-15)22-17(26)21-12-4-6-14(18-9-12)25-19-7-8-20-25/h3-9H,1-2H3,(H3,21,22,23,24,26). The molecule has 0 saturated carbocycles. The maximum Gasteiger partial charge on any atom is 0.324 e. The minimum atomic E-state index is -0.432. The summed E-state index contributed by atoms with van der Waals surface area (Å²) in [6, 6.07) is 6.69. The number of hydrogen-bond donors (Lipinski definition) is 3. The number of urea groups is 1. The van der Waals surface area contributed by atoms with Gasteiger partial charge in [-0.3, -0.25) is 10.4 Å². The summed E-state index contributed by atoms with van der Waals surface area (Å²) < 4.78 is 5.59. The van der Waals surface area contributed by atoms with Crippen molar-refractivity contribution in [3.05, 3.63) is 54.2 Å². The summed E-state index contributed by atoms with van der Waals surface area (Å²) in [4.78, 5) is 17.8. The highest BCUT2D eigenvalue weighted by molar-refractivity contribution is 5.99. The third-order valence-corrected chi connectivity index (χ3v) is 3.86. The third kappa shape index (κ3) is 3.40. The Morgan fingerprint density at radius 3 is 2.59 bits per heavy atom. The lowest BCUT2D eigenvalue weighted by Gasteiger charge is -2.06. The number of pyridine rings is 1. The van der Waals surface area contributed by atoms with Gasteiger partial charge in [-0.25, -0.2) is 9.78 Å². The molecule has 10 nitrogen and oxygen atoms in total. The summed E-state index contributed by atoms with van der Waals surface area (Å²) in [5.74, 6) is 2.43. The van der Waals surface area contributed by atoms with E-state index in [4.69, 9.17) is 4.42 Å². The topological polar surface area (TPSA) is 127 Å². The van der Waals surface area contributed by atoms with Crippen LogP contribution in [0.15, 0.2) is 47.3 Å². The molecular formula is C17H16N8O2. The first-order chi connectivity index (χ1) is 13.1. The predicted molar refractivity (Wildman–Crippen MR) is 97.6 cm³/mol. The normalized spacial score (nSPS) is 10.7. The summed E-state index contributed by atoms with van der Waals surface area (Å²) in [6.07, 6.45) is 4.64. The Labute approximate surface area is 153 Å². The van der Waals surface area contributed by atoms with E-state index in [1.54, 1.807) is 24.5 Å². The van der Waals surface area contributed by atoms with E-state index in [1.165, 1.54) is 11.0 Å². The van der Waals surface area contributed by atoms with Gasteiger partial charge in [0.05, 0.1) is 24.3 Å². The molecule has 0 atom stereocenters. The number of anilines is 2. The van der Waals surface area contributed by atoms with Gasteiger partial charge in [0.25, 0.3) is 0 Å². The lowest BCUT2D eigenvalue weighted by molar-refractivity contribution is 0.262. The molecule has 0 radical (unpaired) electrons. The zero-order valence-corrected chi connectivity index (χ0v) is 14.6. The van der Waals surface area contributed by atoms with Crippen molar-refractivity contribution in [3.63, 3.8) is 0 Å². The first kappa shape index (κ1) is 16.5. The van der Waals surface area contributed by atoms with Crippen molar-refractivity contribution in [1.29, 1.82) is 0 Å². The van der Waals surface area contributed by atoms with Gasteiger partial charge in [-0.2, -0.15) is 15.3 Å². The molecule has 4 rings (SSSR count). The van der Waals surface area contributed by atoms with Gasteiger partial charge in [0.2, 0.25) is 0 Å². The van der Waals surface area contributed by atoms with Gasteiger partial charge in [-0.1, -0.05) is 0 Å². The van der Waals surface area contributed by atoms with Gasteiger partial charge in [0, 0.05) is 5.56 Å². The van der Waals surface area contributed by atoms with Crippen LogP contribution in [0.4, 0.5) is 16.3 Å². The van der Waals surface area contributed by atoms with Crippen LogP contribution in [0.2, 0.25) is 0 Å². The lowest BCUT2D eigenvalue weighted by Crippen LogP contribution is -2.20. The van der Waals surface area contributed by atoms with Crippen LogP contribution in [0.3, 0.4) is 0 Å². The van der Waals surface area contributed by atoms with Crippen LogP contribution in [0, 0.1) is 13.8 Å². The van der Waals surface area contributed by atoms with Crippen molar-refractivity contribution in [3.8, 4) is 17.3 Å². The number of rotatable bonds is 4. The molecule has 4 aromatic rings. The summed E-state index contributed by atoms with van der Waals surface area (Å²) in [5.41, 5.74) is 2.02. The summed E-state index contributed by atoms with van der Waals surface area (Å²) >= 11 is 0. The largest absolute Gasteiger partial charge is 0.460 e. The third-order valence-electron chi connectivity index (χ3n) is 3.86. The van der Waals surface area contributed by atoms with Gasteiger partial charge in [0.1, 0.15) is 11.5 Å². The van der Waals surface area contributed by atoms with E-state index in [2.05, 4.69) is 36.0 Å². The van der Waals surface area contributed by atoms with Crippen LogP contribution in [0.1, 0.15) is 11.3 Å². The minimum Gasteiger partial charge on any atom is -0.460 e. The molecule has 0 spiro atoms. The Bertz CT molecular complexity index is 1060. The molecule has 10 heteroatoms. The molecule has 4 heterocycles. The van der Waals surface area contributed by atoms with Gasteiger partial charge < -0.3 is 9.73 Å². The summed E-state index contributed by atoms with van der Waals surface area (Å²) in [6.45, 7) is 3.71. The lowest BCUT2D eigenvalue weighted by atomic mass is 10.2. The highest BCUT2D eigenvalue weighted by Gasteiger charge is 2.15. The number of furan rings is 1. The molecule has 4 aromatic heterocycles. The average molecular weight is 364 g/mol. The SMILES string of the molecule is Cc1ccc(-c2[nH]nc(NC(=O)Nc3ccc(-n4nccn4)nc3)c2C)o1. The van der Waals surface area contributed by atoms with Gasteiger partial charge in [-0.05, 0) is 38.1 Å². The number of nitrogens with zero attached hydrogens (tertiary/aromatic N) is 5. The van der Waals surface area contributed by atoms with Crippen molar-refractivity contribution < 1.29 is 9.21 Å². The fraction of sp³-hybridized carbons (Fsp3) is 0.118. The molecule has 0 aliphatic carbocycles. The molecule has 0 aliphatic heterocycles. The molecule has 3 N–H and O–H groups in total. The van der Waals surface area contributed by atoms with Gasteiger partial charge in [-0.15, -0.1) is 4.80 Å². The average Bonchev–Trinajstić information content (AvgIpc) is 3.39. The molecule has 27 heavy (non-hydrogen) atoms. The number of amides is 2. The van der Waals surface area contributed by atoms with Gasteiger partial charge in [0.15, 0.2) is 17.4 Å². The number of carbonyl (C=O) groups is 1. The molecule has 2 amide bonds. The van der Waals surface area contributed by atoms with Crippen molar-refractivity contribution in [2.75, 3.05) is 10.6 Å². The van der Waals surface area contributed by atoms with Crippen LogP contribution in [0.5, 0.6) is 0 Å². The van der Waals surface area contributed by atoms with E-state index in [1.807, 2.05) is 26.0 Å². The smallest absolute Gasteiger partial charge is 0.324 e. The zero-order chi connectivity index (χ0) is 18.8. The van der Waals surface area contributed by atoms with Crippen molar-refractivity contribution in [2.24, 2.45) is 0 Å². The first-order valence-electron chi connectivity index (χ1n) is 8.12. The van der Waals surface area contributed by atoms with E-state index in [0.717, 1.165) is 17.0 Å². The molecular weight excluding hydrogens is 348 g/mol. The highest BCUT2D eigenvalue weighted by Crippen LogP contribution is 2.27. The molecule has 0 aromatic carbocycles. The Kier molecular flexibility index (Phi) is 4.13. The monoisotopic (exact) mass is 364 g/mol. The molecule has 136 valence electrons. The van der Waals surface area contributed by atoms with Gasteiger partial charge >= 0.3 is 6.03 Å². The van der Waals surface area contributed by atoms with E-state index < -0.39 is 6.03 Å². The number of hydrogen-bond acceptors (Lipinski definition) is 6. The van der Waals surface area contributed by atoms with Crippen molar-refractivity contribution >= 4 is 17.5 Å². The Morgan fingerprint density at radius 1 is 1.11 bits per heavy atom. The first-order valence-corrected chi connectivity index (χ1v) is 8.12. The molecule has 0 fully saturated rings. The van der Waals surface area contributed by atoms with Crippen LogP contribution in [-0.2, 0) is 0 Å². The number of nitrogens with one attached hydrogen (secondary N) is 3. The summed E-state index contributed by atoms with van der Waals surface area (Å²) in [5, 5.41) is 20.4.